The summed E-state index contributed by atoms with van der Waals surface area (Å²) in [6.45, 7) is 3.80. The summed E-state index contributed by atoms with van der Waals surface area (Å²) in [5.41, 5.74) is 5.05. The van der Waals surface area contributed by atoms with Crippen molar-refractivity contribution in [3.8, 4) is 0 Å². The largest absolute Gasteiger partial charge is 0.365 e. The van der Waals surface area contributed by atoms with E-state index in [2.05, 4.69) is 53.7 Å². The number of hydrogen-bond donors (Lipinski definition) is 1. The van der Waals surface area contributed by atoms with E-state index in [0.717, 1.165) is 24.1 Å². The zero-order valence-corrected chi connectivity index (χ0v) is 16.1. The van der Waals surface area contributed by atoms with Crippen molar-refractivity contribution in [1.29, 1.82) is 0 Å². The zero-order valence-electron chi connectivity index (χ0n) is 16.1. The predicted octanol–water partition coefficient (Wildman–Crippen LogP) is 3.83. The second-order valence-corrected chi connectivity index (χ2v) is 7.26. The van der Waals surface area contributed by atoms with Gasteiger partial charge in [-0.1, -0.05) is 60.2 Å². The van der Waals surface area contributed by atoms with Crippen molar-refractivity contribution < 1.29 is 9.53 Å². The summed E-state index contributed by atoms with van der Waals surface area (Å²) < 4.78 is 7.87. The molecule has 0 fully saturated rings. The van der Waals surface area contributed by atoms with Gasteiger partial charge >= 0.3 is 0 Å². The van der Waals surface area contributed by atoms with Crippen molar-refractivity contribution in [2.24, 2.45) is 0 Å². The Morgan fingerprint density at radius 2 is 1.96 bits per heavy atom. The summed E-state index contributed by atoms with van der Waals surface area (Å²) in [6.07, 6.45) is 1.82. The van der Waals surface area contributed by atoms with Crippen LogP contribution in [0.25, 0.3) is 0 Å². The standard InChI is InChI=1S/C23H25N3O2/c1-17-9-11-19(12-10-17)22-15-26-20(16-28-22)14-21(25-26)23(27)24-13-5-8-18-6-3-2-4-7-18/h2-4,6-7,9-12,14,22H,5,8,13,15-16H2,1H3,(H,24,27). The maximum atomic E-state index is 12.4. The lowest BCUT2D eigenvalue weighted by Gasteiger charge is -2.24. The highest BCUT2D eigenvalue weighted by atomic mass is 16.5. The van der Waals surface area contributed by atoms with E-state index < -0.39 is 0 Å². The van der Waals surface area contributed by atoms with E-state index in [1.165, 1.54) is 11.1 Å². The Kier molecular flexibility index (Phi) is 5.53. The number of ether oxygens (including phenoxy) is 1. The molecule has 0 saturated heterocycles. The monoisotopic (exact) mass is 375 g/mol. The van der Waals surface area contributed by atoms with Crippen molar-refractivity contribution in [2.45, 2.75) is 39.0 Å². The molecule has 0 spiro atoms. The summed E-state index contributed by atoms with van der Waals surface area (Å²) in [6, 6.07) is 20.5. The SMILES string of the molecule is Cc1ccc(C2Cn3nc(C(=O)NCCCc4ccccc4)cc3CO2)cc1. The highest BCUT2D eigenvalue weighted by molar-refractivity contribution is 5.92. The summed E-state index contributed by atoms with van der Waals surface area (Å²) in [5.74, 6) is -0.123. The number of aryl methyl sites for hydroxylation is 2. The van der Waals surface area contributed by atoms with Gasteiger partial charge < -0.3 is 10.1 Å². The Morgan fingerprint density at radius 1 is 1.18 bits per heavy atom. The normalized spacial score (nSPS) is 15.8. The molecule has 2 aromatic carbocycles. The van der Waals surface area contributed by atoms with E-state index in [1.807, 2.05) is 28.9 Å². The van der Waals surface area contributed by atoms with Crippen LogP contribution in [0.2, 0.25) is 0 Å². The van der Waals surface area contributed by atoms with Crippen molar-refractivity contribution in [3.63, 3.8) is 0 Å². The van der Waals surface area contributed by atoms with Crippen LogP contribution in [0.3, 0.4) is 0 Å². The first kappa shape index (κ1) is 18.4. The topological polar surface area (TPSA) is 56.2 Å². The Labute approximate surface area is 165 Å². The van der Waals surface area contributed by atoms with Crippen LogP contribution in [0.4, 0.5) is 0 Å². The molecule has 2 heterocycles. The number of carbonyl (C=O) groups is 1. The van der Waals surface area contributed by atoms with Crippen LogP contribution in [0.5, 0.6) is 0 Å². The molecule has 1 unspecified atom stereocenters. The van der Waals surface area contributed by atoms with Gasteiger partial charge in [-0.3, -0.25) is 9.48 Å². The van der Waals surface area contributed by atoms with Crippen LogP contribution in [-0.4, -0.2) is 22.2 Å². The van der Waals surface area contributed by atoms with Crippen molar-refractivity contribution in [3.05, 3.63) is 88.7 Å². The second kappa shape index (κ2) is 8.40. The molecule has 0 saturated carbocycles. The van der Waals surface area contributed by atoms with Crippen molar-refractivity contribution in [1.82, 2.24) is 15.1 Å². The first-order valence-corrected chi connectivity index (χ1v) is 9.76. The molecule has 1 amide bonds. The van der Waals surface area contributed by atoms with Gasteiger partial charge in [0.25, 0.3) is 5.91 Å². The van der Waals surface area contributed by atoms with E-state index in [4.69, 9.17) is 4.74 Å². The fourth-order valence-electron chi connectivity index (χ4n) is 3.45. The van der Waals surface area contributed by atoms with Crippen LogP contribution in [0.1, 0.15) is 45.4 Å². The van der Waals surface area contributed by atoms with E-state index in [0.29, 0.717) is 25.4 Å². The van der Waals surface area contributed by atoms with Gasteiger partial charge in [0.2, 0.25) is 0 Å². The summed E-state index contributed by atoms with van der Waals surface area (Å²) in [7, 11) is 0. The summed E-state index contributed by atoms with van der Waals surface area (Å²) in [5, 5.41) is 7.48. The summed E-state index contributed by atoms with van der Waals surface area (Å²) in [4.78, 5) is 12.4. The van der Waals surface area contributed by atoms with Crippen molar-refractivity contribution in [2.75, 3.05) is 6.54 Å². The first-order chi connectivity index (χ1) is 13.7. The lowest BCUT2D eigenvalue weighted by Crippen LogP contribution is -2.25. The molecule has 1 aliphatic heterocycles. The molecule has 5 heteroatoms. The molecular weight excluding hydrogens is 350 g/mol. The maximum Gasteiger partial charge on any atom is 0.271 e. The fraction of sp³-hybridized carbons (Fsp3) is 0.304. The van der Waals surface area contributed by atoms with Gasteiger partial charge in [0, 0.05) is 6.54 Å². The highest BCUT2D eigenvalue weighted by Gasteiger charge is 2.23. The number of hydrogen-bond acceptors (Lipinski definition) is 3. The Bertz CT molecular complexity index is 932. The van der Waals surface area contributed by atoms with Crippen LogP contribution >= 0.6 is 0 Å². The Hall–Kier alpha value is -2.92. The Morgan fingerprint density at radius 3 is 2.75 bits per heavy atom. The number of amides is 1. The summed E-state index contributed by atoms with van der Waals surface area (Å²) >= 11 is 0. The smallest absolute Gasteiger partial charge is 0.271 e. The van der Waals surface area contributed by atoms with E-state index >= 15 is 0 Å². The molecule has 0 aliphatic carbocycles. The highest BCUT2D eigenvalue weighted by Crippen LogP contribution is 2.26. The number of carbonyl (C=O) groups excluding carboxylic acids is 1. The third-order valence-electron chi connectivity index (χ3n) is 5.09. The third-order valence-corrected chi connectivity index (χ3v) is 5.09. The van der Waals surface area contributed by atoms with Crippen LogP contribution in [0.15, 0.2) is 60.7 Å². The molecule has 0 radical (unpaired) electrons. The van der Waals surface area contributed by atoms with Gasteiger partial charge in [-0.2, -0.15) is 5.10 Å². The average molecular weight is 375 g/mol. The van der Waals surface area contributed by atoms with E-state index in [9.17, 15) is 4.79 Å². The van der Waals surface area contributed by atoms with Gasteiger partial charge in [-0.05, 0) is 37.0 Å². The van der Waals surface area contributed by atoms with Gasteiger partial charge in [0.1, 0.15) is 6.10 Å². The lowest BCUT2D eigenvalue weighted by atomic mass is 10.1. The first-order valence-electron chi connectivity index (χ1n) is 9.76. The lowest BCUT2D eigenvalue weighted by molar-refractivity contribution is -0.00120. The van der Waals surface area contributed by atoms with Crippen LogP contribution in [0, 0.1) is 6.92 Å². The Balaban J connectivity index is 1.32. The van der Waals surface area contributed by atoms with Gasteiger partial charge in [0.15, 0.2) is 5.69 Å². The number of aromatic nitrogens is 2. The number of nitrogens with one attached hydrogen (secondary N) is 1. The third kappa shape index (κ3) is 4.31. The van der Waals surface area contributed by atoms with Crippen LogP contribution in [-0.2, 0) is 24.3 Å². The molecule has 3 aromatic rings. The van der Waals surface area contributed by atoms with E-state index in [1.54, 1.807) is 0 Å². The molecule has 144 valence electrons. The van der Waals surface area contributed by atoms with Gasteiger partial charge in [0.05, 0.1) is 18.8 Å². The molecule has 1 aromatic heterocycles. The number of fused-ring (bicyclic) bond motifs is 1. The fourth-order valence-corrected chi connectivity index (χ4v) is 3.45. The average Bonchev–Trinajstić information content (AvgIpc) is 3.16. The quantitative estimate of drug-likeness (QED) is 0.666. The molecule has 1 aliphatic rings. The number of nitrogens with zero attached hydrogens (tertiary/aromatic N) is 2. The van der Waals surface area contributed by atoms with Crippen molar-refractivity contribution >= 4 is 5.91 Å². The van der Waals surface area contributed by atoms with Crippen LogP contribution < -0.4 is 5.32 Å². The minimum atomic E-state index is -0.123. The van der Waals surface area contributed by atoms with Gasteiger partial charge in [-0.25, -0.2) is 0 Å². The molecule has 1 N–H and O–H groups in total. The second-order valence-electron chi connectivity index (χ2n) is 7.26. The number of benzene rings is 2. The molecule has 0 bridgehead atoms. The molecule has 4 rings (SSSR count). The zero-order chi connectivity index (χ0) is 19.3. The molecular formula is C23H25N3O2. The minimum absolute atomic E-state index is 0.0326. The minimum Gasteiger partial charge on any atom is -0.365 e. The molecule has 1 atom stereocenters. The molecule has 5 nitrogen and oxygen atoms in total. The molecule has 28 heavy (non-hydrogen) atoms. The number of rotatable bonds is 6. The predicted molar refractivity (Wildman–Crippen MR) is 108 cm³/mol. The van der Waals surface area contributed by atoms with Gasteiger partial charge in [-0.15, -0.1) is 0 Å². The van der Waals surface area contributed by atoms with E-state index in [-0.39, 0.29) is 12.0 Å². The maximum absolute atomic E-state index is 12.4.